The van der Waals surface area contributed by atoms with Crippen LogP contribution in [-0.4, -0.2) is 19.8 Å². The summed E-state index contributed by atoms with van der Waals surface area (Å²) >= 11 is 0. The molecule has 0 aromatic heterocycles. The number of nitrogens with one attached hydrogen (secondary N) is 1. The molecule has 0 heterocycles. The molecule has 6 heteroatoms. The van der Waals surface area contributed by atoms with Gasteiger partial charge in [-0.2, -0.15) is 0 Å². The zero-order valence-electron chi connectivity index (χ0n) is 7.91. The molecule has 1 aromatic rings. The fourth-order valence-electron chi connectivity index (χ4n) is 0.886. The van der Waals surface area contributed by atoms with Crippen molar-refractivity contribution in [2.45, 2.75) is 12.8 Å². The highest BCUT2D eigenvalue weighted by Gasteiger charge is 2.34. The summed E-state index contributed by atoms with van der Waals surface area (Å²) in [6.45, 7) is 0. The highest BCUT2D eigenvalue weighted by molar-refractivity contribution is 5.20. The third-order valence-corrected chi connectivity index (χ3v) is 1.46. The van der Waals surface area contributed by atoms with E-state index in [1.165, 1.54) is 19.2 Å². The SMILES string of the molecule is CNC(Oc1ccccc1)OC(F)(F)F. The molecule has 0 aliphatic carbocycles. The number of alkyl halides is 3. The minimum absolute atomic E-state index is 0.293. The van der Waals surface area contributed by atoms with Gasteiger partial charge in [0.05, 0.1) is 0 Å². The molecule has 0 bridgehead atoms. The van der Waals surface area contributed by atoms with Gasteiger partial charge in [-0.05, 0) is 19.2 Å². The van der Waals surface area contributed by atoms with Gasteiger partial charge in [0, 0.05) is 0 Å². The van der Waals surface area contributed by atoms with Gasteiger partial charge in [0.15, 0.2) is 0 Å². The Morgan fingerprint density at radius 2 is 1.80 bits per heavy atom. The molecule has 0 saturated heterocycles. The van der Waals surface area contributed by atoms with Crippen molar-refractivity contribution in [1.82, 2.24) is 5.32 Å². The van der Waals surface area contributed by atoms with E-state index in [2.05, 4.69) is 10.1 Å². The van der Waals surface area contributed by atoms with Gasteiger partial charge in [0.25, 0.3) is 6.41 Å². The Labute approximate surface area is 84.8 Å². The first kappa shape index (κ1) is 11.8. The molecule has 84 valence electrons. The van der Waals surface area contributed by atoms with Crippen molar-refractivity contribution >= 4 is 0 Å². The molecule has 1 aromatic carbocycles. The molecule has 0 radical (unpaired) electrons. The Kier molecular flexibility index (Phi) is 3.93. The van der Waals surface area contributed by atoms with Gasteiger partial charge in [-0.3, -0.25) is 5.32 Å². The van der Waals surface area contributed by atoms with Crippen LogP contribution in [0, 0.1) is 0 Å². The summed E-state index contributed by atoms with van der Waals surface area (Å²) in [6.07, 6.45) is -6.28. The Morgan fingerprint density at radius 1 is 1.20 bits per heavy atom. The third kappa shape index (κ3) is 4.66. The van der Waals surface area contributed by atoms with E-state index < -0.39 is 12.8 Å². The topological polar surface area (TPSA) is 30.5 Å². The van der Waals surface area contributed by atoms with Gasteiger partial charge in [0.1, 0.15) is 5.75 Å². The van der Waals surface area contributed by atoms with Crippen molar-refractivity contribution in [1.29, 1.82) is 0 Å². The first-order chi connectivity index (χ1) is 7.01. The van der Waals surface area contributed by atoms with Gasteiger partial charge in [0.2, 0.25) is 0 Å². The maximum absolute atomic E-state index is 11.9. The maximum atomic E-state index is 11.9. The molecule has 1 unspecified atom stereocenters. The molecule has 1 rings (SSSR count). The smallest absolute Gasteiger partial charge is 0.451 e. The lowest BCUT2D eigenvalue weighted by atomic mass is 10.3. The standard InChI is InChI=1S/C9H10F3NO2/c1-13-8(15-9(10,11)12)14-7-5-3-2-4-6-7/h2-6,8,13H,1H3. The van der Waals surface area contributed by atoms with Gasteiger partial charge >= 0.3 is 6.36 Å². The third-order valence-electron chi connectivity index (χ3n) is 1.46. The van der Waals surface area contributed by atoms with Crippen molar-refractivity contribution in [3.05, 3.63) is 30.3 Å². The van der Waals surface area contributed by atoms with Crippen molar-refractivity contribution in [2.75, 3.05) is 7.05 Å². The van der Waals surface area contributed by atoms with Crippen molar-refractivity contribution in [2.24, 2.45) is 0 Å². The predicted molar refractivity (Wildman–Crippen MR) is 47.1 cm³/mol. The van der Waals surface area contributed by atoms with E-state index in [4.69, 9.17) is 4.74 Å². The van der Waals surface area contributed by atoms with Gasteiger partial charge in [-0.1, -0.05) is 18.2 Å². The number of hydrogen-bond acceptors (Lipinski definition) is 3. The molecule has 0 aliphatic rings. The molecule has 0 amide bonds. The highest BCUT2D eigenvalue weighted by atomic mass is 19.4. The second kappa shape index (κ2) is 4.99. The van der Waals surface area contributed by atoms with Gasteiger partial charge < -0.3 is 4.74 Å². The van der Waals surface area contributed by atoms with Crippen LogP contribution < -0.4 is 10.1 Å². The summed E-state index contributed by atoms with van der Waals surface area (Å²) in [5.41, 5.74) is 0. The van der Waals surface area contributed by atoms with Gasteiger partial charge in [-0.25, -0.2) is 4.74 Å². The molecule has 1 atom stereocenters. The normalized spacial score (nSPS) is 13.6. The van der Waals surface area contributed by atoms with Crippen molar-refractivity contribution in [3.8, 4) is 5.75 Å². The molecule has 0 saturated carbocycles. The number of hydrogen-bond donors (Lipinski definition) is 1. The van der Waals surface area contributed by atoms with Crippen molar-refractivity contribution < 1.29 is 22.6 Å². The zero-order chi connectivity index (χ0) is 11.3. The summed E-state index contributed by atoms with van der Waals surface area (Å²) < 4.78 is 44.1. The van der Waals surface area contributed by atoms with Crippen LogP contribution >= 0.6 is 0 Å². The van der Waals surface area contributed by atoms with E-state index in [1.54, 1.807) is 18.2 Å². The quantitative estimate of drug-likeness (QED) is 0.790. The Balaban J connectivity index is 2.55. The number of para-hydroxylation sites is 1. The lowest BCUT2D eigenvalue weighted by molar-refractivity contribution is -0.371. The minimum atomic E-state index is -4.73. The van der Waals surface area contributed by atoms with Crippen LogP contribution in [0.4, 0.5) is 13.2 Å². The first-order valence-electron chi connectivity index (χ1n) is 4.15. The Bertz CT molecular complexity index is 289. The van der Waals surface area contributed by atoms with Crippen LogP contribution in [0.5, 0.6) is 5.75 Å². The molecule has 3 nitrogen and oxygen atoms in total. The van der Waals surface area contributed by atoms with Crippen LogP contribution in [0.25, 0.3) is 0 Å². The molecular formula is C9H10F3NO2. The zero-order valence-corrected chi connectivity index (χ0v) is 7.91. The number of benzene rings is 1. The van der Waals surface area contributed by atoms with Gasteiger partial charge in [-0.15, -0.1) is 13.2 Å². The molecular weight excluding hydrogens is 211 g/mol. The molecule has 15 heavy (non-hydrogen) atoms. The highest BCUT2D eigenvalue weighted by Crippen LogP contribution is 2.19. The van der Waals surface area contributed by atoms with Crippen LogP contribution in [0.15, 0.2) is 30.3 Å². The van der Waals surface area contributed by atoms with Crippen LogP contribution in [0.3, 0.4) is 0 Å². The summed E-state index contributed by atoms with van der Waals surface area (Å²) in [4.78, 5) is 0. The second-order valence-corrected chi connectivity index (χ2v) is 2.62. The second-order valence-electron chi connectivity index (χ2n) is 2.62. The maximum Gasteiger partial charge on any atom is 0.526 e. The average Bonchev–Trinajstić information content (AvgIpc) is 2.16. The largest absolute Gasteiger partial charge is 0.526 e. The minimum Gasteiger partial charge on any atom is -0.451 e. The fourth-order valence-corrected chi connectivity index (χ4v) is 0.886. The van der Waals surface area contributed by atoms with E-state index in [-0.39, 0.29) is 0 Å². The number of ether oxygens (including phenoxy) is 2. The number of halogens is 3. The van der Waals surface area contributed by atoms with Crippen LogP contribution in [-0.2, 0) is 4.74 Å². The average molecular weight is 221 g/mol. The number of rotatable bonds is 4. The van der Waals surface area contributed by atoms with Crippen LogP contribution in [0.1, 0.15) is 0 Å². The molecule has 0 spiro atoms. The summed E-state index contributed by atoms with van der Waals surface area (Å²) in [6, 6.07) is 8.09. The van der Waals surface area contributed by atoms with Crippen LogP contribution in [0.2, 0.25) is 0 Å². The predicted octanol–water partition coefficient (Wildman–Crippen LogP) is 2.10. The van der Waals surface area contributed by atoms with E-state index in [1.807, 2.05) is 0 Å². The molecule has 0 aliphatic heterocycles. The first-order valence-corrected chi connectivity index (χ1v) is 4.15. The lowest BCUT2D eigenvalue weighted by Crippen LogP contribution is -2.38. The molecule has 1 N–H and O–H groups in total. The summed E-state index contributed by atoms with van der Waals surface area (Å²) in [7, 11) is 1.30. The Hall–Kier alpha value is -1.27. The molecule has 0 fully saturated rings. The van der Waals surface area contributed by atoms with E-state index >= 15 is 0 Å². The van der Waals surface area contributed by atoms with Crippen molar-refractivity contribution in [3.63, 3.8) is 0 Å². The van der Waals surface area contributed by atoms with E-state index in [9.17, 15) is 13.2 Å². The lowest BCUT2D eigenvalue weighted by Gasteiger charge is -2.19. The van der Waals surface area contributed by atoms with E-state index in [0.717, 1.165) is 0 Å². The monoisotopic (exact) mass is 221 g/mol. The Morgan fingerprint density at radius 3 is 2.27 bits per heavy atom. The van der Waals surface area contributed by atoms with E-state index in [0.29, 0.717) is 5.75 Å². The summed E-state index contributed by atoms with van der Waals surface area (Å²) in [5.74, 6) is 0.293. The summed E-state index contributed by atoms with van der Waals surface area (Å²) in [5, 5.41) is 2.24. The fraction of sp³-hybridized carbons (Fsp3) is 0.333.